The van der Waals surface area contributed by atoms with Crippen molar-refractivity contribution in [1.82, 2.24) is 5.32 Å². The number of amides is 1. The number of halogens is 1. The monoisotopic (exact) mass is 258 g/mol. The van der Waals surface area contributed by atoms with Crippen LogP contribution < -0.4 is 11.1 Å². The van der Waals surface area contributed by atoms with Crippen molar-refractivity contribution in [3.63, 3.8) is 0 Å². The van der Waals surface area contributed by atoms with Crippen molar-refractivity contribution in [3.05, 3.63) is 29.3 Å². The van der Waals surface area contributed by atoms with E-state index in [0.717, 1.165) is 4.90 Å². The lowest BCUT2D eigenvalue weighted by atomic mass is 10.3. The van der Waals surface area contributed by atoms with E-state index >= 15 is 0 Å². The number of thioether (sulfide) groups is 1. The molecule has 0 spiro atoms. The highest BCUT2D eigenvalue weighted by atomic mass is 35.5. The minimum absolute atomic E-state index is 0.00194. The summed E-state index contributed by atoms with van der Waals surface area (Å²) in [4.78, 5) is 12.5. The Morgan fingerprint density at radius 3 is 2.69 bits per heavy atom. The first-order valence-electron chi connectivity index (χ1n) is 4.99. The molecule has 0 aliphatic rings. The van der Waals surface area contributed by atoms with Crippen molar-refractivity contribution < 1.29 is 4.79 Å². The van der Waals surface area contributed by atoms with Gasteiger partial charge in [-0.2, -0.15) is 0 Å². The Morgan fingerprint density at radius 2 is 2.12 bits per heavy atom. The molecule has 0 radical (unpaired) electrons. The highest BCUT2D eigenvalue weighted by Gasteiger charge is 2.05. The average Bonchev–Trinajstić information content (AvgIpc) is 2.28. The van der Waals surface area contributed by atoms with Gasteiger partial charge in [-0.3, -0.25) is 4.79 Å². The molecule has 0 fully saturated rings. The molecule has 88 valence electrons. The van der Waals surface area contributed by atoms with Crippen LogP contribution in [0.1, 0.15) is 6.92 Å². The number of rotatable bonds is 5. The molecule has 5 heteroatoms. The number of carbonyl (C=O) groups excluding carboxylic acids is 1. The highest BCUT2D eigenvalue weighted by Crippen LogP contribution is 2.19. The zero-order chi connectivity index (χ0) is 12.0. The lowest BCUT2D eigenvalue weighted by molar-refractivity contribution is -0.119. The van der Waals surface area contributed by atoms with Crippen LogP contribution in [-0.2, 0) is 4.79 Å². The van der Waals surface area contributed by atoms with Gasteiger partial charge in [0.05, 0.1) is 5.75 Å². The highest BCUT2D eigenvalue weighted by molar-refractivity contribution is 8.00. The van der Waals surface area contributed by atoms with Crippen molar-refractivity contribution in [1.29, 1.82) is 0 Å². The van der Waals surface area contributed by atoms with E-state index < -0.39 is 0 Å². The topological polar surface area (TPSA) is 55.1 Å². The summed E-state index contributed by atoms with van der Waals surface area (Å²) in [5, 5.41) is 3.50. The molecule has 1 rings (SSSR count). The summed E-state index contributed by atoms with van der Waals surface area (Å²) in [6.07, 6.45) is 0. The smallest absolute Gasteiger partial charge is 0.230 e. The molecule has 0 bridgehead atoms. The van der Waals surface area contributed by atoms with Crippen molar-refractivity contribution in [2.24, 2.45) is 5.73 Å². The molecular formula is C11H15ClN2OS. The second-order valence-electron chi connectivity index (χ2n) is 3.45. The Kier molecular flexibility index (Phi) is 5.66. The summed E-state index contributed by atoms with van der Waals surface area (Å²) in [5.74, 6) is 0.393. The molecule has 16 heavy (non-hydrogen) atoms. The first kappa shape index (κ1) is 13.4. The molecule has 0 heterocycles. The quantitative estimate of drug-likeness (QED) is 0.793. The van der Waals surface area contributed by atoms with Gasteiger partial charge in [-0.05, 0) is 31.2 Å². The summed E-state index contributed by atoms with van der Waals surface area (Å²) in [5.41, 5.74) is 5.41. The van der Waals surface area contributed by atoms with E-state index in [1.807, 2.05) is 31.2 Å². The summed E-state index contributed by atoms with van der Waals surface area (Å²) < 4.78 is 0. The Hall–Kier alpha value is -0.710. The Morgan fingerprint density at radius 1 is 1.50 bits per heavy atom. The zero-order valence-electron chi connectivity index (χ0n) is 9.07. The molecule has 0 saturated carbocycles. The second-order valence-corrected chi connectivity index (χ2v) is 4.93. The maximum atomic E-state index is 11.4. The summed E-state index contributed by atoms with van der Waals surface area (Å²) in [6.45, 7) is 2.34. The zero-order valence-corrected chi connectivity index (χ0v) is 10.6. The molecule has 0 aromatic heterocycles. The standard InChI is InChI=1S/C11H15ClN2OS/c1-8(6-13)14-11(15)7-16-10-4-2-9(12)3-5-10/h2-5,8H,6-7,13H2,1H3,(H,14,15)/t8-/m0/s1. The van der Waals surface area contributed by atoms with Crippen molar-refractivity contribution in [2.45, 2.75) is 17.9 Å². The van der Waals surface area contributed by atoms with Gasteiger partial charge in [0.15, 0.2) is 0 Å². The van der Waals surface area contributed by atoms with E-state index in [4.69, 9.17) is 17.3 Å². The van der Waals surface area contributed by atoms with Gasteiger partial charge < -0.3 is 11.1 Å². The molecule has 1 aromatic rings. The van der Waals surface area contributed by atoms with Gasteiger partial charge in [0.2, 0.25) is 5.91 Å². The van der Waals surface area contributed by atoms with Crippen LogP contribution >= 0.6 is 23.4 Å². The van der Waals surface area contributed by atoms with Crippen LogP contribution in [0.2, 0.25) is 5.02 Å². The van der Waals surface area contributed by atoms with E-state index in [-0.39, 0.29) is 11.9 Å². The largest absolute Gasteiger partial charge is 0.352 e. The van der Waals surface area contributed by atoms with Crippen molar-refractivity contribution in [2.75, 3.05) is 12.3 Å². The van der Waals surface area contributed by atoms with Gasteiger partial charge in [-0.15, -0.1) is 11.8 Å². The molecule has 0 saturated heterocycles. The number of hydrogen-bond acceptors (Lipinski definition) is 3. The Labute approximate surface area is 105 Å². The van der Waals surface area contributed by atoms with Gasteiger partial charge in [-0.1, -0.05) is 11.6 Å². The van der Waals surface area contributed by atoms with Crippen LogP contribution in [0.3, 0.4) is 0 Å². The minimum Gasteiger partial charge on any atom is -0.352 e. The number of carbonyl (C=O) groups is 1. The summed E-state index contributed by atoms with van der Waals surface area (Å²) >= 11 is 7.24. The molecule has 1 aromatic carbocycles. The normalized spacial score (nSPS) is 12.2. The third kappa shape index (κ3) is 4.88. The summed E-state index contributed by atoms with van der Waals surface area (Å²) in [7, 11) is 0. The number of benzene rings is 1. The Bertz CT molecular complexity index is 342. The predicted molar refractivity (Wildman–Crippen MR) is 68.8 cm³/mol. The second kappa shape index (κ2) is 6.78. The molecule has 3 nitrogen and oxygen atoms in total. The van der Waals surface area contributed by atoms with Crippen LogP contribution in [0.5, 0.6) is 0 Å². The van der Waals surface area contributed by atoms with Crippen LogP contribution in [0.15, 0.2) is 29.2 Å². The van der Waals surface area contributed by atoms with Crippen LogP contribution in [0.4, 0.5) is 0 Å². The number of nitrogens with two attached hydrogens (primary N) is 1. The number of nitrogens with one attached hydrogen (secondary N) is 1. The van der Waals surface area contributed by atoms with Gasteiger partial charge in [-0.25, -0.2) is 0 Å². The number of hydrogen-bond donors (Lipinski definition) is 2. The molecule has 0 unspecified atom stereocenters. The van der Waals surface area contributed by atoms with Gasteiger partial charge >= 0.3 is 0 Å². The van der Waals surface area contributed by atoms with Crippen molar-refractivity contribution in [3.8, 4) is 0 Å². The van der Waals surface area contributed by atoms with Crippen LogP contribution in [0, 0.1) is 0 Å². The first-order chi connectivity index (χ1) is 7.61. The molecule has 1 atom stereocenters. The third-order valence-corrected chi connectivity index (χ3v) is 3.21. The van der Waals surface area contributed by atoms with Gasteiger partial charge in [0.1, 0.15) is 0 Å². The SMILES string of the molecule is C[C@@H](CN)NC(=O)CSc1ccc(Cl)cc1. The molecular weight excluding hydrogens is 244 g/mol. The fraction of sp³-hybridized carbons (Fsp3) is 0.364. The minimum atomic E-state index is -0.00194. The predicted octanol–water partition coefficient (Wildman–Crippen LogP) is 1.90. The summed E-state index contributed by atoms with van der Waals surface area (Å²) in [6, 6.07) is 7.44. The first-order valence-corrected chi connectivity index (χ1v) is 6.36. The van der Waals surface area contributed by atoms with E-state index in [1.54, 1.807) is 0 Å². The van der Waals surface area contributed by atoms with Crippen molar-refractivity contribution >= 4 is 29.3 Å². The molecule has 0 aliphatic heterocycles. The lowest BCUT2D eigenvalue weighted by Crippen LogP contribution is -2.38. The third-order valence-electron chi connectivity index (χ3n) is 1.94. The maximum Gasteiger partial charge on any atom is 0.230 e. The average molecular weight is 259 g/mol. The molecule has 1 amide bonds. The van der Waals surface area contributed by atoms with Gasteiger partial charge in [0.25, 0.3) is 0 Å². The lowest BCUT2D eigenvalue weighted by Gasteiger charge is -2.10. The van der Waals surface area contributed by atoms with Gasteiger partial charge in [0, 0.05) is 22.5 Å². The van der Waals surface area contributed by atoms with Crippen LogP contribution in [-0.4, -0.2) is 24.2 Å². The fourth-order valence-corrected chi connectivity index (χ4v) is 1.89. The van der Waals surface area contributed by atoms with E-state index in [0.29, 0.717) is 17.3 Å². The van der Waals surface area contributed by atoms with E-state index in [1.165, 1.54) is 11.8 Å². The van der Waals surface area contributed by atoms with E-state index in [2.05, 4.69) is 5.32 Å². The molecule has 3 N–H and O–H groups in total. The van der Waals surface area contributed by atoms with E-state index in [9.17, 15) is 4.79 Å². The maximum absolute atomic E-state index is 11.4. The van der Waals surface area contributed by atoms with Crippen LogP contribution in [0.25, 0.3) is 0 Å². The Balaban J connectivity index is 2.34. The molecule has 0 aliphatic carbocycles. The fourth-order valence-electron chi connectivity index (χ4n) is 1.06.